The van der Waals surface area contributed by atoms with Gasteiger partial charge in [0.15, 0.2) is 0 Å². The van der Waals surface area contributed by atoms with E-state index in [1.807, 2.05) is 26.0 Å². The van der Waals surface area contributed by atoms with Gasteiger partial charge in [0.25, 0.3) is 0 Å². The third kappa shape index (κ3) is 3.77. The van der Waals surface area contributed by atoms with Crippen LogP contribution in [-0.2, 0) is 0 Å². The van der Waals surface area contributed by atoms with E-state index in [0.717, 1.165) is 10.4 Å². The summed E-state index contributed by atoms with van der Waals surface area (Å²) >= 11 is 3.35. The molecule has 2 nitrogen and oxygen atoms in total. The molecule has 1 aromatic heterocycles. The Balaban J connectivity index is 0.000000396. The van der Waals surface area contributed by atoms with Crippen molar-refractivity contribution in [3.63, 3.8) is 0 Å². The van der Waals surface area contributed by atoms with Gasteiger partial charge in [-0.25, -0.2) is 4.98 Å². The van der Waals surface area contributed by atoms with Crippen LogP contribution in [0.25, 0.3) is 0 Å². The zero-order valence-electron chi connectivity index (χ0n) is 7.96. The molecular weight excluding hydrogens is 230 g/mol. The maximum Gasteiger partial charge on any atom is 0.214 e. The smallest absolute Gasteiger partial charge is 0.214 e. The van der Waals surface area contributed by atoms with E-state index in [-0.39, 0.29) is 0 Å². The second-order valence-electron chi connectivity index (χ2n) is 2.63. The van der Waals surface area contributed by atoms with Crippen molar-refractivity contribution >= 4 is 15.9 Å². The molecule has 0 N–H and O–H groups in total. The molecule has 1 heterocycles. The Kier molecular flexibility index (Phi) is 4.22. The number of pyridine rings is 1. The van der Waals surface area contributed by atoms with E-state index in [4.69, 9.17) is 4.74 Å². The highest BCUT2D eigenvalue weighted by Crippen LogP contribution is 2.26. The first-order valence-corrected chi connectivity index (χ1v) is 5.42. The van der Waals surface area contributed by atoms with Crippen molar-refractivity contribution < 1.29 is 4.74 Å². The van der Waals surface area contributed by atoms with E-state index >= 15 is 0 Å². The molecule has 0 unspecified atom stereocenters. The molecule has 72 valence electrons. The minimum atomic E-state index is 0.428. The van der Waals surface area contributed by atoms with Gasteiger partial charge in [-0.3, -0.25) is 0 Å². The summed E-state index contributed by atoms with van der Waals surface area (Å²) in [5.74, 6) is 0.724. The van der Waals surface area contributed by atoms with E-state index in [9.17, 15) is 0 Å². The lowest BCUT2D eigenvalue weighted by molar-refractivity contribution is 0.291. The fraction of sp³-hybridized carbons (Fsp3) is 0.500. The summed E-state index contributed by atoms with van der Waals surface area (Å²) in [5, 5.41) is 0. The van der Waals surface area contributed by atoms with Crippen LogP contribution in [-0.4, -0.2) is 11.1 Å². The Labute approximate surface area is 87.5 Å². The lowest BCUT2D eigenvalue weighted by Gasteiger charge is -2.01. The Morgan fingerprint density at radius 2 is 2.15 bits per heavy atom. The Bertz CT molecular complexity index is 261. The molecule has 0 aliphatic heterocycles. The van der Waals surface area contributed by atoms with Crippen LogP contribution in [0.2, 0.25) is 0 Å². The van der Waals surface area contributed by atoms with Crippen LogP contribution in [0.4, 0.5) is 0 Å². The second kappa shape index (κ2) is 5.22. The van der Waals surface area contributed by atoms with E-state index in [1.165, 1.54) is 12.8 Å². The zero-order valence-corrected chi connectivity index (χ0v) is 9.54. The molecule has 0 aromatic carbocycles. The number of aromatic nitrogens is 1. The van der Waals surface area contributed by atoms with E-state index < -0.39 is 0 Å². The normalized spacial score (nSPS) is 14.4. The fourth-order valence-corrected chi connectivity index (χ4v) is 1.12. The van der Waals surface area contributed by atoms with Crippen molar-refractivity contribution in [2.24, 2.45) is 0 Å². The molecule has 0 bridgehead atoms. The SMILES string of the molecule is Brc1ccnc(OC2CC2)c1.CC. The Hall–Kier alpha value is -0.570. The fourth-order valence-electron chi connectivity index (χ4n) is 0.806. The lowest BCUT2D eigenvalue weighted by Crippen LogP contribution is -1.97. The van der Waals surface area contributed by atoms with Gasteiger partial charge >= 0.3 is 0 Å². The van der Waals surface area contributed by atoms with Crippen LogP contribution < -0.4 is 4.74 Å². The van der Waals surface area contributed by atoms with Gasteiger partial charge in [-0.15, -0.1) is 0 Å². The highest BCUT2D eigenvalue weighted by Gasteiger charge is 2.23. The molecule has 0 spiro atoms. The van der Waals surface area contributed by atoms with Crippen molar-refractivity contribution in [1.82, 2.24) is 4.98 Å². The summed E-state index contributed by atoms with van der Waals surface area (Å²) in [6.45, 7) is 4.00. The monoisotopic (exact) mass is 243 g/mol. The molecule has 0 amide bonds. The average Bonchev–Trinajstić information content (AvgIpc) is 2.92. The molecule has 1 aliphatic carbocycles. The molecular formula is C10H14BrNO. The van der Waals surface area contributed by atoms with Crippen LogP contribution in [0.1, 0.15) is 26.7 Å². The molecule has 13 heavy (non-hydrogen) atoms. The number of hydrogen-bond acceptors (Lipinski definition) is 2. The molecule has 0 atom stereocenters. The summed E-state index contributed by atoms with van der Waals surface area (Å²) in [6.07, 6.45) is 4.52. The zero-order chi connectivity index (χ0) is 9.68. The largest absolute Gasteiger partial charge is 0.474 e. The summed E-state index contributed by atoms with van der Waals surface area (Å²) in [7, 11) is 0. The Morgan fingerprint density at radius 3 is 2.69 bits per heavy atom. The molecule has 3 heteroatoms. The van der Waals surface area contributed by atoms with E-state index in [1.54, 1.807) is 6.20 Å². The first kappa shape index (κ1) is 10.5. The van der Waals surface area contributed by atoms with Crippen LogP contribution >= 0.6 is 15.9 Å². The van der Waals surface area contributed by atoms with Crippen LogP contribution in [0.5, 0.6) is 5.88 Å². The van der Waals surface area contributed by atoms with Gasteiger partial charge in [-0.05, 0) is 18.9 Å². The van der Waals surface area contributed by atoms with Crippen molar-refractivity contribution in [1.29, 1.82) is 0 Å². The van der Waals surface area contributed by atoms with Gasteiger partial charge in [0.2, 0.25) is 5.88 Å². The maximum atomic E-state index is 5.46. The summed E-state index contributed by atoms with van der Waals surface area (Å²) in [5.41, 5.74) is 0. The number of ether oxygens (including phenoxy) is 1. The van der Waals surface area contributed by atoms with Gasteiger partial charge in [0, 0.05) is 16.7 Å². The third-order valence-corrected chi connectivity index (χ3v) is 2.00. The van der Waals surface area contributed by atoms with Crippen LogP contribution in [0.3, 0.4) is 0 Å². The second-order valence-corrected chi connectivity index (χ2v) is 3.55. The van der Waals surface area contributed by atoms with Gasteiger partial charge in [-0.1, -0.05) is 29.8 Å². The summed E-state index contributed by atoms with van der Waals surface area (Å²) in [4.78, 5) is 4.07. The van der Waals surface area contributed by atoms with E-state index in [2.05, 4.69) is 20.9 Å². The molecule has 1 aromatic rings. The molecule has 1 aliphatic rings. The first-order valence-electron chi connectivity index (χ1n) is 4.63. The number of hydrogen-bond donors (Lipinski definition) is 0. The minimum absolute atomic E-state index is 0.428. The first-order chi connectivity index (χ1) is 6.34. The van der Waals surface area contributed by atoms with Crippen molar-refractivity contribution in [2.45, 2.75) is 32.8 Å². The van der Waals surface area contributed by atoms with Crippen LogP contribution in [0.15, 0.2) is 22.8 Å². The van der Waals surface area contributed by atoms with Gasteiger partial charge in [0.05, 0.1) is 0 Å². The summed E-state index contributed by atoms with van der Waals surface area (Å²) < 4.78 is 6.48. The van der Waals surface area contributed by atoms with E-state index in [0.29, 0.717) is 6.10 Å². The topological polar surface area (TPSA) is 22.1 Å². The predicted octanol–water partition coefficient (Wildman–Crippen LogP) is 3.41. The van der Waals surface area contributed by atoms with Crippen LogP contribution in [0, 0.1) is 0 Å². The maximum absolute atomic E-state index is 5.46. The number of rotatable bonds is 2. The Morgan fingerprint density at radius 1 is 1.46 bits per heavy atom. The van der Waals surface area contributed by atoms with Crippen molar-refractivity contribution in [2.75, 3.05) is 0 Å². The summed E-state index contributed by atoms with van der Waals surface area (Å²) in [6, 6.07) is 3.78. The van der Waals surface area contributed by atoms with Gasteiger partial charge < -0.3 is 4.74 Å². The van der Waals surface area contributed by atoms with Gasteiger partial charge in [-0.2, -0.15) is 0 Å². The molecule has 1 fully saturated rings. The molecule has 0 saturated heterocycles. The molecule has 1 saturated carbocycles. The number of nitrogens with zero attached hydrogens (tertiary/aromatic N) is 1. The number of halogens is 1. The highest BCUT2D eigenvalue weighted by molar-refractivity contribution is 9.10. The van der Waals surface area contributed by atoms with Crippen molar-refractivity contribution in [3.05, 3.63) is 22.8 Å². The quantitative estimate of drug-likeness (QED) is 0.795. The van der Waals surface area contributed by atoms with Gasteiger partial charge in [0.1, 0.15) is 6.10 Å². The average molecular weight is 244 g/mol. The third-order valence-electron chi connectivity index (χ3n) is 1.51. The molecule has 2 rings (SSSR count). The standard InChI is InChI=1S/C8H8BrNO.C2H6/c9-6-3-4-10-8(5-6)11-7-1-2-7;1-2/h3-5,7H,1-2H2;1-2H3. The molecule has 0 radical (unpaired) electrons. The van der Waals surface area contributed by atoms with Crippen molar-refractivity contribution in [3.8, 4) is 5.88 Å². The lowest BCUT2D eigenvalue weighted by atomic mass is 10.5. The predicted molar refractivity (Wildman–Crippen MR) is 56.9 cm³/mol. The minimum Gasteiger partial charge on any atom is -0.474 e. The highest BCUT2D eigenvalue weighted by atomic mass is 79.9.